The fraction of sp³-hybridized carbons (Fsp3) is 0.550. The number of carbonyl (C=O) groups excluding carboxylic acids is 1. The summed E-state index contributed by atoms with van der Waals surface area (Å²) >= 11 is 0. The Morgan fingerprint density at radius 2 is 2.17 bits per heavy atom. The molecule has 4 heterocycles. The number of amides is 1. The van der Waals surface area contributed by atoms with Gasteiger partial charge in [0.2, 0.25) is 5.91 Å². The van der Waals surface area contributed by atoms with E-state index < -0.39 is 0 Å². The minimum Gasteiger partial charge on any atom is -0.384 e. The number of hydrogen-bond acceptors (Lipinski definition) is 7. The Morgan fingerprint density at radius 1 is 1.34 bits per heavy atom. The molecule has 0 unspecified atom stereocenters. The molecule has 0 aromatic carbocycles. The van der Waals surface area contributed by atoms with Crippen molar-refractivity contribution in [1.82, 2.24) is 24.6 Å². The number of nitriles is 1. The number of aryl methyl sites for hydroxylation is 1. The lowest BCUT2D eigenvalue weighted by atomic mass is 10.1. The summed E-state index contributed by atoms with van der Waals surface area (Å²) in [6, 6.07) is 2.55. The van der Waals surface area contributed by atoms with Crippen LogP contribution in [0.3, 0.4) is 0 Å². The topological polar surface area (TPSA) is 100 Å². The van der Waals surface area contributed by atoms with Crippen LogP contribution < -0.4 is 4.90 Å². The Hall–Kier alpha value is -2.99. The normalized spacial score (nSPS) is 24.0. The van der Waals surface area contributed by atoms with E-state index in [9.17, 15) is 10.1 Å². The zero-order valence-electron chi connectivity index (χ0n) is 16.6. The van der Waals surface area contributed by atoms with E-state index in [1.165, 1.54) is 0 Å². The molecule has 5 rings (SSSR count). The quantitative estimate of drug-likeness (QED) is 0.746. The highest BCUT2D eigenvalue weighted by atomic mass is 16.5. The number of carbonyl (C=O) groups is 1. The first kappa shape index (κ1) is 18.1. The van der Waals surface area contributed by atoms with Crippen LogP contribution in [0.25, 0.3) is 11.4 Å². The molecule has 2 aromatic heterocycles. The minimum absolute atomic E-state index is 0.158. The number of hydrogen-bond donors (Lipinski definition) is 0. The van der Waals surface area contributed by atoms with Gasteiger partial charge in [-0.2, -0.15) is 10.4 Å². The highest BCUT2D eigenvalue weighted by Gasteiger charge is 2.56. The van der Waals surface area contributed by atoms with Crippen LogP contribution >= 0.6 is 0 Å². The smallest absolute Gasteiger partial charge is 0.231 e. The van der Waals surface area contributed by atoms with Crippen molar-refractivity contribution in [2.45, 2.75) is 31.3 Å². The molecule has 1 amide bonds. The van der Waals surface area contributed by atoms with E-state index >= 15 is 0 Å². The summed E-state index contributed by atoms with van der Waals surface area (Å²) in [5.41, 5.74) is 0.973. The molecule has 3 fully saturated rings. The van der Waals surface area contributed by atoms with Crippen molar-refractivity contribution in [3.63, 3.8) is 0 Å². The van der Waals surface area contributed by atoms with Gasteiger partial charge in [-0.05, 0) is 19.3 Å². The number of anilines is 1. The van der Waals surface area contributed by atoms with Crippen molar-refractivity contribution >= 4 is 11.7 Å². The van der Waals surface area contributed by atoms with Crippen molar-refractivity contribution < 1.29 is 9.53 Å². The number of piperazine rings is 1. The Bertz CT molecular complexity index is 1010. The van der Waals surface area contributed by atoms with Crippen molar-refractivity contribution in [2.24, 2.45) is 12.5 Å². The highest BCUT2D eigenvalue weighted by Crippen LogP contribution is 2.49. The fourth-order valence-electron chi connectivity index (χ4n) is 4.67. The SMILES string of the molecule is COCC1(C(=O)N2C[C@@H]3C[C@H]2CN3c2nc(-c3cnn(C)c3)ncc2C#N)CC1. The van der Waals surface area contributed by atoms with Crippen LogP contribution in [-0.2, 0) is 16.6 Å². The van der Waals surface area contributed by atoms with Crippen molar-refractivity contribution in [3.05, 3.63) is 24.2 Å². The molecule has 9 heteroatoms. The van der Waals surface area contributed by atoms with Crippen LogP contribution in [0.1, 0.15) is 24.8 Å². The third-order valence-corrected chi connectivity index (χ3v) is 6.35. The van der Waals surface area contributed by atoms with Gasteiger partial charge in [-0.15, -0.1) is 0 Å². The van der Waals surface area contributed by atoms with Crippen LogP contribution in [0.5, 0.6) is 0 Å². The fourth-order valence-corrected chi connectivity index (χ4v) is 4.67. The molecule has 2 aliphatic heterocycles. The maximum Gasteiger partial charge on any atom is 0.231 e. The summed E-state index contributed by atoms with van der Waals surface area (Å²) < 4.78 is 6.99. The number of rotatable bonds is 5. The molecule has 2 atom stereocenters. The second-order valence-corrected chi connectivity index (χ2v) is 8.31. The molecular weight excluding hydrogens is 370 g/mol. The number of fused-ring (bicyclic) bond motifs is 2. The number of aromatic nitrogens is 4. The first-order chi connectivity index (χ1) is 14.0. The molecule has 9 nitrogen and oxygen atoms in total. The molecule has 0 N–H and O–H groups in total. The average Bonchev–Trinajstić information content (AvgIpc) is 3.07. The van der Waals surface area contributed by atoms with E-state index in [1.54, 1.807) is 24.2 Å². The molecule has 0 radical (unpaired) electrons. The van der Waals surface area contributed by atoms with Crippen molar-refractivity contribution in [2.75, 3.05) is 31.7 Å². The molecule has 2 bridgehead atoms. The molecule has 0 spiro atoms. The summed E-state index contributed by atoms with van der Waals surface area (Å²) in [5, 5.41) is 13.8. The Morgan fingerprint density at radius 3 is 2.76 bits per heavy atom. The first-order valence-electron chi connectivity index (χ1n) is 9.87. The van der Waals surface area contributed by atoms with Crippen molar-refractivity contribution in [3.8, 4) is 17.5 Å². The molecule has 3 aliphatic rings. The van der Waals surface area contributed by atoms with Gasteiger partial charge in [-0.25, -0.2) is 9.97 Å². The summed E-state index contributed by atoms with van der Waals surface area (Å²) in [5.74, 6) is 1.43. The Kier molecular flexibility index (Phi) is 4.06. The van der Waals surface area contributed by atoms with Gasteiger partial charge in [0.05, 0.1) is 42.1 Å². The summed E-state index contributed by atoms with van der Waals surface area (Å²) in [6.45, 7) is 1.87. The summed E-state index contributed by atoms with van der Waals surface area (Å²) in [4.78, 5) is 26.3. The Balaban J connectivity index is 1.39. The third kappa shape index (κ3) is 2.86. The zero-order chi connectivity index (χ0) is 20.2. The molecule has 29 heavy (non-hydrogen) atoms. The Labute approximate surface area is 168 Å². The molecule has 150 valence electrons. The van der Waals surface area contributed by atoms with Crippen molar-refractivity contribution in [1.29, 1.82) is 5.26 Å². The van der Waals surface area contributed by atoms with Gasteiger partial charge in [0.25, 0.3) is 0 Å². The van der Waals surface area contributed by atoms with Crippen LogP contribution in [-0.4, -0.2) is 69.4 Å². The molecule has 2 aromatic rings. The minimum atomic E-state index is -0.301. The predicted octanol–water partition coefficient (Wildman–Crippen LogP) is 0.965. The van der Waals surface area contributed by atoms with Crippen LogP contribution in [0.4, 0.5) is 5.82 Å². The predicted molar refractivity (Wildman–Crippen MR) is 104 cm³/mol. The number of ether oxygens (including phenoxy) is 1. The van der Waals surface area contributed by atoms with Gasteiger partial charge in [0.1, 0.15) is 11.6 Å². The second-order valence-electron chi connectivity index (χ2n) is 8.31. The van der Waals surface area contributed by atoms with E-state index in [0.717, 1.165) is 24.8 Å². The van der Waals surface area contributed by atoms with E-state index in [1.807, 2.05) is 18.1 Å². The molecular formula is C20H23N7O2. The van der Waals surface area contributed by atoms with Crippen LogP contribution in [0, 0.1) is 16.7 Å². The monoisotopic (exact) mass is 393 g/mol. The van der Waals surface area contributed by atoms with E-state index in [-0.39, 0.29) is 23.4 Å². The van der Waals surface area contributed by atoms with Crippen LogP contribution in [0.15, 0.2) is 18.6 Å². The largest absolute Gasteiger partial charge is 0.384 e. The van der Waals surface area contributed by atoms with Gasteiger partial charge >= 0.3 is 0 Å². The van der Waals surface area contributed by atoms with Gasteiger partial charge in [-0.3, -0.25) is 9.48 Å². The average molecular weight is 393 g/mol. The highest BCUT2D eigenvalue weighted by molar-refractivity contribution is 5.86. The maximum atomic E-state index is 13.1. The molecule has 1 aliphatic carbocycles. The molecule has 2 saturated heterocycles. The summed E-state index contributed by atoms with van der Waals surface area (Å²) in [6.07, 6.45) is 7.88. The number of likely N-dealkylation sites (tertiary alicyclic amines) is 1. The zero-order valence-corrected chi connectivity index (χ0v) is 16.6. The lowest BCUT2D eigenvalue weighted by Gasteiger charge is -2.37. The maximum absolute atomic E-state index is 13.1. The van der Waals surface area contributed by atoms with Gasteiger partial charge < -0.3 is 14.5 Å². The van der Waals surface area contributed by atoms with Crippen LogP contribution in [0.2, 0.25) is 0 Å². The van der Waals surface area contributed by atoms with Gasteiger partial charge in [-0.1, -0.05) is 0 Å². The first-order valence-corrected chi connectivity index (χ1v) is 9.87. The lowest BCUT2D eigenvalue weighted by molar-refractivity contribution is -0.140. The van der Waals surface area contributed by atoms with E-state index in [0.29, 0.717) is 36.9 Å². The van der Waals surface area contributed by atoms with Gasteiger partial charge in [0.15, 0.2) is 11.6 Å². The summed E-state index contributed by atoms with van der Waals surface area (Å²) in [7, 11) is 3.50. The number of nitrogens with zero attached hydrogens (tertiary/aromatic N) is 7. The lowest BCUT2D eigenvalue weighted by Crippen LogP contribution is -2.52. The van der Waals surface area contributed by atoms with Gasteiger partial charge in [0, 0.05) is 33.4 Å². The van der Waals surface area contributed by atoms with E-state index in [4.69, 9.17) is 9.72 Å². The third-order valence-electron chi connectivity index (χ3n) is 6.35. The second kappa shape index (κ2) is 6.52. The number of methoxy groups -OCH3 is 1. The van der Waals surface area contributed by atoms with E-state index in [2.05, 4.69) is 21.1 Å². The standard InChI is InChI=1S/C20H23N7O2/c1-25-9-14(8-23-25)17-22-7-13(6-21)18(24-17)26-10-16-5-15(26)11-27(16)19(28)20(3-4-20)12-29-2/h7-9,15-16H,3-5,10-12H2,1-2H3/t15-,16-/m0/s1. The molecule has 1 saturated carbocycles.